The molecule has 0 amide bonds. The Kier molecular flexibility index (Phi) is 4.95. The van der Waals surface area contributed by atoms with Crippen molar-refractivity contribution in [1.82, 2.24) is 9.88 Å². The lowest BCUT2D eigenvalue weighted by molar-refractivity contribution is -0.140. The minimum absolute atomic E-state index is 0.0263. The number of carbonyl (C=O) groups is 1. The highest BCUT2D eigenvalue weighted by Gasteiger charge is 2.70. The molecule has 1 saturated carbocycles. The number of hydrogen-bond acceptors (Lipinski definition) is 7. The maximum absolute atomic E-state index is 13.1. The first-order chi connectivity index (χ1) is 14.2. The number of carboxylic acids is 1. The summed E-state index contributed by atoms with van der Waals surface area (Å²) >= 11 is 1.01. The van der Waals surface area contributed by atoms with E-state index in [-0.39, 0.29) is 10.1 Å². The molecule has 1 aliphatic carbocycles. The molecule has 0 radical (unpaired) electrons. The van der Waals surface area contributed by atoms with Crippen molar-refractivity contribution in [1.29, 1.82) is 0 Å². The smallest absolute Gasteiger partial charge is 0.325 e. The van der Waals surface area contributed by atoms with Gasteiger partial charge in [0.25, 0.3) is 10.0 Å². The average Bonchev–Trinajstić information content (AvgIpc) is 3.14. The van der Waals surface area contributed by atoms with Crippen molar-refractivity contribution in [3.63, 3.8) is 0 Å². The number of anilines is 1. The molecule has 0 unspecified atom stereocenters. The van der Waals surface area contributed by atoms with Crippen LogP contribution in [0.3, 0.4) is 0 Å². The molecule has 30 heavy (non-hydrogen) atoms. The Labute approximate surface area is 178 Å². The number of benzene rings is 1. The molecule has 3 atom stereocenters. The van der Waals surface area contributed by atoms with E-state index in [1.807, 2.05) is 44.4 Å². The molecule has 3 aromatic rings. The van der Waals surface area contributed by atoms with Gasteiger partial charge in [0.2, 0.25) is 5.88 Å². The number of rotatable bonds is 7. The van der Waals surface area contributed by atoms with Crippen LogP contribution in [0.4, 0.5) is 5.88 Å². The molecule has 158 valence electrons. The summed E-state index contributed by atoms with van der Waals surface area (Å²) in [7, 11) is -0.433. The van der Waals surface area contributed by atoms with Crippen molar-refractivity contribution in [3.8, 4) is 10.6 Å². The molecule has 1 aromatic carbocycles. The molecule has 0 saturated heterocycles. The Morgan fingerprint density at radius 1 is 1.23 bits per heavy atom. The number of aliphatic carboxylic acids is 1. The van der Waals surface area contributed by atoms with E-state index in [2.05, 4.69) is 9.88 Å². The lowest BCUT2D eigenvalue weighted by atomic mass is 10.1. The van der Waals surface area contributed by atoms with Gasteiger partial charge in [-0.15, -0.1) is 11.3 Å². The van der Waals surface area contributed by atoms with E-state index >= 15 is 0 Å². The van der Waals surface area contributed by atoms with Crippen LogP contribution in [0.25, 0.3) is 10.6 Å². The van der Waals surface area contributed by atoms with E-state index in [9.17, 15) is 18.3 Å². The first kappa shape index (κ1) is 20.6. The molecule has 0 spiro atoms. The van der Waals surface area contributed by atoms with Gasteiger partial charge in [-0.2, -0.15) is 4.72 Å². The Morgan fingerprint density at radius 3 is 2.53 bits per heavy atom. The quantitative estimate of drug-likeness (QED) is 0.572. The highest BCUT2D eigenvalue weighted by Crippen LogP contribution is 2.58. The van der Waals surface area contributed by atoms with E-state index in [1.165, 1.54) is 6.07 Å². The monoisotopic (exact) mass is 447 g/mol. The largest absolute Gasteiger partial charge is 0.480 e. The van der Waals surface area contributed by atoms with Gasteiger partial charge in [-0.05, 0) is 23.6 Å². The van der Waals surface area contributed by atoms with Crippen molar-refractivity contribution in [3.05, 3.63) is 54.1 Å². The fraction of sp³-hybridized carbons (Fsp3) is 0.300. The molecule has 0 aliphatic heterocycles. The van der Waals surface area contributed by atoms with Crippen LogP contribution in [-0.2, 0) is 14.8 Å². The summed E-state index contributed by atoms with van der Waals surface area (Å²) in [6, 6.07) is 13.9. The van der Waals surface area contributed by atoms with Gasteiger partial charge in [-0.1, -0.05) is 42.4 Å². The molecule has 2 N–H and O–H groups in total. The summed E-state index contributed by atoms with van der Waals surface area (Å²) in [5.74, 6) is -1.46. The molecular formula is C20H21N3O5S2. The molecule has 8 nitrogen and oxygen atoms in total. The van der Waals surface area contributed by atoms with Crippen LogP contribution in [0, 0.1) is 5.92 Å². The zero-order chi connectivity index (χ0) is 21.7. The highest BCUT2D eigenvalue weighted by atomic mass is 32.2. The summed E-state index contributed by atoms with van der Waals surface area (Å²) in [5, 5.41) is 13.9. The Hall–Kier alpha value is -2.69. The van der Waals surface area contributed by atoms with Crippen molar-refractivity contribution < 1.29 is 22.8 Å². The van der Waals surface area contributed by atoms with Crippen molar-refractivity contribution in [2.24, 2.45) is 5.92 Å². The third-order valence-electron chi connectivity index (χ3n) is 5.45. The van der Waals surface area contributed by atoms with Crippen LogP contribution in [0.15, 0.2) is 57.3 Å². The second kappa shape index (κ2) is 7.22. The normalized spacial score (nSPS) is 23.3. The lowest BCUT2D eigenvalue weighted by Crippen LogP contribution is -2.45. The zero-order valence-corrected chi connectivity index (χ0v) is 18.2. The summed E-state index contributed by atoms with van der Waals surface area (Å²) in [6.07, 6.45) is 0. The maximum atomic E-state index is 13.1. The van der Waals surface area contributed by atoms with Crippen molar-refractivity contribution in [2.45, 2.75) is 22.6 Å². The van der Waals surface area contributed by atoms with E-state index in [4.69, 9.17) is 4.52 Å². The SMILES string of the molecule is C[C@@H]1[C@H](c2ccccc2)[C@]1(NS(=O)(=O)c1ccc(-c2cc(N(C)C)on2)s1)C(=O)O. The zero-order valence-electron chi connectivity index (χ0n) is 16.6. The minimum Gasteiger partial charge on any atom is -0.480 e. The number of nitrogens with one attached hydrogen (secondary N) is 1. The number of sulfonamides is 1. The Bertz CT molecular complexity index is 1190. The third kappa shape index (κ3) is 3.30. The molecule has 2 heterocycles. The van der Waals surface area contributed by atoms with E-state index < -0.39 is 27.4 Å². The average molecular weight is 448 g/mol. The summed E-state index contributed by atoms with van der Waals surface area (Å²) in [6.45, 7) is 1.74. The Balaban J connectivity index is 1.62. The third-order valence-corrected chi connectivity index (χ3v) is 8.54. The van der Waals surface area contributed by atoms with Crippen LogP contribution in [0.1, 0.15) is 18.4 Å². The van der Waals surface area contributed by atoms with Crippen molar-refractivity contribution in [2.75, 3.05) is 19.0 Å². The molecule has 1 aliphatic rings. The summed E-state index contributed by atoms with van der Waals surface area (Å²) < 4.78 is 33.8. The predicted molar refractivity (Wildman–Crippen MR) is 113 cm³/mol. The van der Waals surface area contributed by atoms with E-state index in [0.29, 0.717) is 16.5 Å². The van der Waals surface area contributed by atoms with Gasteiger partial charge in [-0.3, -0.25) is 4.79 Å². The topological polar surface area (TPSA) is 113 Å². The predicted octanol–water partition coefficient (Wildman–Crippen LogP) is 3.00. The number of carboxylic acid groups (broad SMARTS) is 1. The van der Waals surface area contributed by atoms with Gasteiger partial charge < -0.3 is 14.5 Å². The van der Waals surface area contributed by atoms with Crippen LogP contribution >= 0.6 is 11.3 Å². The molecule has 4 rings (SSSR count). The molecule has 0 bridgehead atoms. The number of thiophene rings is 1. The fourth-order valence-electron chi connectivity index (χ4n) is 3.77. The number of aromatic nitrogens is 1. The van der Waals surface area contributed by atoms with Crippen molar-refractivity contribution >= 4 is 33.2 Å². The van der Waals surface area contributed by atoms with Crippen LogP contribution in [0.5, 0.6) is 0 Å². The number of nitrogens with zero attached hydrogens (tertiary/aromatic N) is 2. The van der Waals surface area contributed by atoms with Crippen LogP contribution in [0.2, 0.25) is 0 Å². The fourth-order valence-corrected chi connectivity index (χ4v) is 6.48. The lowest BCUT2D eigenvalue weighted by Gasteiger charge is -2.15. The maximum Gasteiger partial charge on any atom is 0.325 e. The standard InChI is InChI=1S/C20H21N3O5S2/c1-12-18(13-7-5-4-6-8-13)20(12,19(24)25)22-30(26,27)17-10-9-15(29-17)14-11-16(23(2)3)28-21-14/h4-12,18,22H,1-3H3,(H,24,25)/t12-,18-,20+/m1/s1. The van der Waals surface area contributed by atoms with Gasteiger partial charge in [0.1, 0.15) is 15.4 Å². The first-order valence-corrected chi connectivity index (χ1v) is 11.5. The minimum atomic E-state index is -4.05. The molecule has 10 heteroatoms. The number of hydrogen-bond donors (Lipinski definition) is 2. The highest BCUT2D eigenvalue weighted by molar-refractivity contribution is 7.91. The van der Waals surface area contributed by atoms with E-state index in [0.717, 1.165) is 16.9 Å². The summed E-state index contributed by atoms with van der Waals surface area (Å²) in [5.41, 5.74) is -0.267. The van der Waals surface area contributed by atoms with Crippen LogP contribution in [-0.4, -0.2) is 44.3 Å². The molecule has 1 fully saturated rings. The Morgan fingerprint density at radius 2 is 1.93 bits per heavy atom. The second-order valence-corrected chi connectivity index (χ2v) is 10.5. The molecule has 2 aromatic heterocycles. The van der Waals surface area contributed by atoms with Gasteiger partial charge in [0.15, 0.2) is 0 Å². The van der Waals surface area contributed by atoms with E-state index in [1.54, 1.807) is 24.0 Å². The molecular weight excluding hydrogens is 426 g/mol. The van der Waals surface area contributed by atoms with Gasteiger partial charge in [-0.25, -0.2) is 8.42 Å². The van der Waals surface area contributed by atoms with Gasteiger partial charge >= 0.3 is 5.97 Å². The van der Waals surface area contributed by atoms with Crippen LogP contribution < -0.4 is 9.62 Å². The summed E-state index contributed by atoms with van der Waals surface area (Å²) in [4.78, 5) is 14.5. The second-order valence-electron chi connectivity index (χ2n) is 7.52. The van der Waals surface area contributed by atoms with Gasteiger partial charge in [0.05, 0.1) is 4.88 Å². The van der Waals surface area contributed by atoms with Gasteiger partial charge in [0, 0.05) is 26.1 Å². The first-order valence-electron chi connectivity index (χ1n) is 9.23.